The molecule has 3 N–H and O–H groups in total. The van der Waals surface area contributed by atoms with Crippen LogP contribution in [0.25, 0.3) is 33.4 Å². The minimum atomic E-state index is -0.698. The van der Waals surface area contributed by atoms with Crippen molar-refractivity contribution in [3.8, 4) is 28.1 Å². The van der Waals surface area contributed by atoms with Crippen LogP contribution >= 0.6 is 0 Å². The number of pyridine rings is 1. The summed E-state index contributed by atoms with van der Waals surface area (Å²) in [4.78, 5) is 28.3. The van der Waals surface area contributed by atoms with E-state index in [2.05, 4.69) is 20.1 Å². The van der Waals surface area contributed by atoms with E-state index in [-0.39, 0.29) is 29.0 Å². The van der Waals surface area contributed by atoms with E-state index in [9.17, 15) is 14.3 Å². The van der Waals surface area contributed by atoms with Crippen LogP contribution in [0.2, 0.25) is 0 Å². The molecule has 0 saturated carbocycles. The Labute approximate surface area is 212 Å². The molecule has 0 bridgehead atoms. The van der Waals surface area contributed by atoms with E-state index in [1.807, 2.05) is 31.2 Å². The van der Waals surface area contributed by atoms with E-state index >= 15 is 0 Å². The van der Waals surface area contributed by atoms with Crippen LogP contribution in [-0.4, -0.2) is 58.0 Å². The number of carbonyl (C=O) groups is 2. The number of rotatable bonds is 4. The van der Waals surface area contributed by atoms with Crippen LogP contribution in [0.4, 0.5) is 10.1 Å². The first kappa shape index (κ1) is 25.6. The summed E-state index contributed by atoms with van der Waals surface area (Å²) in [6.07, 6.45) is 3.60. The first-order valence-electron chi connectivity index (χ1n) is 11.8. The lowest BCUT2D eigenvalue weighted by Crippen LogP contribution is -2.29. The third-order valence-electron chi connectivity index (χ3n) is 6.36. The highest BCUT2D eigenvalue weighted by Crippen LogP contribution is 2.40. The molecule has 5 rings (SSSR count). The molecule has 0 unspecified atom stereocenters. The smallest absolute Gasteiger partial charge is 0.340 e. The number of nitrogens with zero attached hydrogens (tertiary/aromatic N) is 3. The van der Waals surface area contributed by atoms with Crippen LogP contribution in [0.1, 0.15) is 35.3 Å². The number of esters is 1. The number of carbonyl (C=O) groups excluding carboxylic acids is 1. The highest BCUT2D eigenvalue weighted by atomic mass is 19.1. The highest BCUT2D eigenvalue weighted by Gasteiger charge is 2.27. The van der Waals surface area contributed by atoms with Gasteiger partial charge < -0.3 is 19.8 Å². The lowest BCUT2D eigenvalue weighted by Gasteiger charge is -2.29. The number of ether oxygens (including phenoxy) is 1. The molecule has 0 spiro atoms. The number of carboxylic acid groups (broad SMARTS) is 1. The number of H-pyrrole nitrogens is 1. The second-order valence-corrected chi connectivity index (χ2v) is 8.61. The number of aromatic nitrogens is 3. The molecule has 0 atom stereocenters. The molecule has 1 saturated heterocycles. The quantitative estimate of drug-likeness (QED) is 0.263. The molecule has 2 aromatic carbocycles. The summed E-state index contributed by atoms with van der Waals surface area (Å²) in [5.41, 5.74) is 3.92. The molecule has 0 amide bonds. The van der Waals surface area contributed by atoms with Gasteiger partial charge in [0.2, 0.25) is 0 Å². The molecule has 37 heavy (non-hydrogen) atoms. The fraction of sp³-hybridized carbons (Fsp3) is 0.259. The van der Waals surface area contributed by atoms with Crippen molar-refractivity contribution in [3.05, 3.63) is 59.5 Å². The van der Waals surface area contributed by atoms with Gasteiger partial charge in [-0.05, 0) is 56.0 Å². The van der Waals surface area contributed by atoms with E-state index in [1.54, 1.807) is 0 Å². The molecule has 192 valence electrons. The van der Waals surface area contributed by atoms with E-state index in [0.717, 1.165) is 36.1 Å². The number of fused-ring (bicyclic) bond motifs is 1. The fourth-order valence-electron chi connectivity index (χ4n) is 4.67. The van der Waals surface area contributed by atoms with Crippen LogP contribution < -0.4 is 4.90 Å². The summed E-state index contributed by atoms with van der Waals surface area (Å²) < 4.78 is 20.0. The van der Waals surface area contributed by atoms with Gasteiger partial charge >= 0.3 is 5.97 Å². The first-order chi connectivity index (χ1) is 17.9. The third-order valence-corrected chi connectivity index (χ3v) is 6.36. The Bertz CT molecular complexity index is 1430. The van der Waals surface area contributed by atoms with Gasteiger partial charge in [0.05, 0.1) is 23.8 Å². The van der Waals surface area contributed by atoms with Gasteiger partial charge in [-0.2, -0.15) is 5.10 Å². The van der Waals surface area contributed by atoms with Crippen LogP contribution in [0.15, 0.2) is 42.5 Å². The summed E-state index contributed by atoms with van der Waals surface area (Å²) in [5, 5.41) is 24.5. The van der Waals surface area contributed by atoms with E-state index < -0.39 is 11.8 Å². The molecule has 10 heteroatoms. The Morgan fingerprint density at radius 2 is 1.81 bits per heavy atom. The van der Waals surface area contributed by atoms with Gasteiger partial charge in [0.15, 0.2) is 5.65 Å². The second kappa shape index (κ2) is 11.1. The molecule has 3 heterocycles. The average molecular weight is 507 g/mol. The summed E-state index contributed by atoms with van der Waals surface area (Å²) >= 11 is 0. The Morgan fingerprint density at radius 1 is 1.14 bits per heavy atom. The van der Waals surface area contributed by atoms with Gasteiger partial charge in [-0.25, -0.2) is 14.2 Å². The van der Waals surface area contributed by atoms with E-state index in [4.69, 9.17) is 14.6 Å². The molecule has 4 aromatic rings. The molecule has 1 fully saturated rings. The van der Waals surface area contributed by atoms with Gasteiger partial charge in [0.25, 0.3) is 6.47 Å². The van der Waals surface area contributed by atoms with Crippen molar-refractivity contribution in [2.45, 2.75) is 26.2 Å². The van der Waals surface area contributed by atoms with Crippen molar-refractivity contribution in [1.29, 1.82) is 0 Å². The second-order valence-electron chi connectivity index (χ2n) is 8.61. The maximum Gasteiger partial charge on any atom is 0.340 e. The van der Waals surface area contributed by atoms with Crippen molar-refractivity contribution in [1.82, 2.24) is 15.2 Å². The molecular weight excluding hydrogens is 479 g/mol. The molecule has 0 radical (unpaired) electrons. The average Bonchev–Trinajstić information content (AvgIpc) is 3.28. The lowest BCUT2D eigenvalue weighted by atomic mass is 9.92. The minimum absolute atomic E-state index is 0.0759. The van der Waals surface area contributed by atoms with Gasteiger partial charge in [-0.1, -0.05) is 12.1 Å². The topological polar surface area (TPSA) is 129 Å². The van der Waals surface area contributed by atoms with Gasteiger partial charge in [0.1, 0.15) is 11.6 Å². The SMILES string of the molecule is COC(=O)c1c(-c2ccc(O)cc2F)nc2n[nH]c(C)c2c1-c1ccc(N2CCCCC2)cc1.O=CO. The first-order valence-corrected chi connectivity index (χ1v) is 11.8. The Morgan fingerprint density at radius 3 is 2.43 bits per heavy atom. The summed E-state index contributed by atoms with van der Waals surface area (Å²) in [6.45, 7) is 3.65. The Balaban J connectivity index is 0.00000102. The number of phenolic OH excluding ortho intramolecular Hbond substituents is 1. The van der Waals surface area contributed by atoms with Gasteiger partial charge in [-0.15, -0.1) is 0 Å². The van der Waals surface area contributed by atoms with Crippen LogP contribution in [0.5, 0.6) is 5.75 Å². The molecule has 1 aliphatic heterocycles. The number of hydrogen-bond donors (Lipinski definition) is 3. The molecular formula is C27H27FN4O5. The molecule has 1 aliphatic rings. The number of aromatic hydroxyl groups is 1. The fourth-order valence-corrected chi connectivity index (χ4v) is 4.67. The standard InChI is InChI=1S/C26H25FN4O3.CH2O2/c1-15-21-22(16-6-8-17(9-7-16)31-12-4-3-5-13-31)23(26(33)34-2)24(28-25(21)30-29-15)19-11-10-18(32)14-20(19)27;2-1-3/h6-11,14,32H,3-5,12-13H2,1-2H3,(H,28,29,30);1H,(H,2,3). The van der Waals surface area contributed by atoms with Crippen LogP contribution in [-0.2, 0) is 9.53 Å². The minimum Gasteiger partial charge on any atom is -0.508 e. The van der Waals surface area contributed by atoms with E-state index in [0.29, 0.717) is 16.6 Å². The maximum absolute atomic E-state index is 14.9. The van der Waals surface area contributed by atoms with Crippen molar-refractivity contribution in [2.75, 3.05) is 25.1 Å². The maximum atomic E-state index is 14.9. The number of aromatic amines is 1. The summed E-state index contributed by atoms with van der Waals surface area (Å²) in [5.74, 6) is -1.55. The molecule has 0 aliphatic carbocycles. The van der Waals surface area contributed by atoms with Gasteiger partial charge in [-0.3, -0.25) is 9.89 Å². The largest absolute Gasteiger partial charge is 0.508 e. The summed E-state index contributed by atoms with van der Waals surface area (Å²) in [7, 11) is 1.29. The number of piperidine rings is 1. The zero-order valence-electron chi connectivity index (χ0n) is 20.5. The number of anilines is 1. The number of hydrogen-bond acceptors (Lipinski definition) is 7. The predicted octanol–water partition coefficient (Wildman–Crippen LogP) is 4.92. The highest BCUT2D eigenvalue weighted by molar-refractivity contribution is 6.11. The van der Waals surface area contributed by atoms with Crippen molar-refractivity contribution in [2.24, 2.45) is 0 Å². The monoisotopic (exact) mass is 506 g/mol. The predicted molar refractivity (Wildman–Crippen MR) is 137 cm³/mol. The number of phenols is 1. The number of methoxy groups -OCH3 is 1. The van der Waals surface area contributed by atoms with Gasteiger partial charge in [0, 0.05) is 41.7 Å². The number of nitrogens with one attached hydrogen (secondary N) is 1. The zero-order chi connectivity index (χ0) is 26.5. The molecule has 2 aromatic heterocycles. The Hall–Kier alpha value is -4.47. The number of aryl methyl sites for hydroxylation is 1. The number of benzene rings is 2. The van der Waals surface area contributed by atoms with Crippen molar-refractivity contribution >= 4 is 29.2 Å². The van der Waals surface area contributed by atoms with Crippen molar-refractivity contribution in [3.63, 3.8) is 0 Å². The number of halogens is 1. The third kappa shape index (κ3) is 5.09. The Kier molecular flexibility index (Phi) is 7.66. The normalized spacial score (nSPS) is 13.1. The van der Waals surface area contributed by atoms with Crippen LogP contribution in [0, 0.1) is 12.7 Å². The molecule has 9 nitrogen and oxygen atoms in total. The zero-order valence-corrected chi connectivity index (χ0v) is 20.5. The summed E-state index contributed by atoms with van der Waals surface area (Å²) in [6, 6.07) is 11.8. The van der Waals surface area contributed by atoms with Crippen molar-refractivity contribution < 1.29 is 28.9 Å². The van der Waals surface area contributed by atoms with Crippen LogP contribution in [0.3, 0.4) is 0 Å². The lowest BCUT2D eigenvalue weighted by molar-refractivity contribution is -0.122. The van der Waals surface area contributed by atoms with E-state index in [1.165, 1.54) is 38.5 Å².